The number of anilines is 2. The zero-order valence-corrected chi connectivity index (χ0v) is 14.8. The number of nitrogens with zero attached hydrogens (tertiary/aromatic N) is 4. The molecular weight excluding hydrogens is 383 g/mol. The van der Waals surface area contributed by atoms with Gasteiger partial charge >= 0.3 is 0 Å². The Labute approximate surface area is 162 Å². The van der Waals surface area contributed by atoms with Crippen LogP contribution in [0.3, 0.4) is 0 Å². The van der Waals surface area contributed by atoms with Crippen LogP contribution < -0.4 is 10.9 Å². The van der Waals surface area contributed by atoms with E-state index in [1.165, 1.54) is 30.6 Å². The summed E-state index contributed by atoms with van der Waals surface area (Å²) in [6.45, 7) is 0. The minimum absolute atomic E-state index is 0.0214. The van der Waals surface area contributed by atoms with Gasteiger partial charge in [-0.25, -0.2) is 14.4 Å². The Bertz CT molecular complexity index is 1310. The summed E-state index contributed by atoms with van der Waals surface area (Å²) in [7, 11) is 0. The zero-order valence-electron chi connectivity index (χ0n) is 14.1. The Balaban J connectivity index is 1.88. The number of fused-ring (bicyclic) bond motifs is 1. The first-order valence-corrected chi connectivity index (χ1v) is 8.39. The summed E-state index contributed by atoms with van der Waals surface area (Å²) in [5.41, 5.74) is 0.315. The van der Waals surface area contributed by atoms with E-state index < -0.39 is 11.4 Å². The average molecular weight is 393 g/mol. The molecule has 2 N–H and O–H groups in total. The molecule has 4 rings (SSSR count). The quantitative estimate of drug-likeness (QED) is 0.549. The van der Waals surface area contributed by atoms with Crippen molar-refractivity contribution in [3.8, 4) is 17.2 Å². The number of pyridine rings is 2. The lowest BCUT2D eigenvalue weighted by Crippen LogP contribution is -2.13. The second kappa shape index (κ2) is 7.06. The van der Waals surface area contributed by atoms with Gasteiger partial charge in [0.1, 0.15) is 29.7 Å². The largest absolute Gasteiger partial charge is 0.337 e. The lowest BCUT2D eigenvalue weighted by atomic mass is 10.1. The predicted molar refractivity (Wildman–Crippen MR) is 103 cm³/mol. The SMILES string of the molecule is N#Cc1[nH]c(=O)c(-c2cc(Cl)ccc2F)cc1Nc1ncnc2ccncc12. The predicted octanol–water partition coefficient (Wildman–Crippen LogP) is 3.79. The Morgan fingerprint density at radius 3 is 2.86 bits per heavy atom. The summed E-state index contributed by atoms with van der Waals surface area (Å²) in [5.74, 6) is -0.221. The summed E-state index contributed by atoms with van der Waals surface area (Å²) >= 11 is 5.94. The van der Waals surface area contributed by atoms with E-state index in [9.17, 15) is 14.4 Å². The molecule has 0 saturated heterocycles. The Morgan fingerprint density at radius 2 is 2.04 bits per heavy atom. The van der Waals surface area contributed by atoms with Crippen LogP contribution in [-0.2, 0) is 0 Å². The molecule has 3 heterocycles. The fourth-order valence-corrected chi connectivity index (χ4v) is 2.92. The summed E-state index contributed by atoms with van der Waals surface area (Å²) in [4.78, 5) is 27.2. The van der Waals surface area contributed by atoms with Gasteiger partial charge in [-0.05, 0) is 30.3 Å². The molecule has 0 fully saturated rings. The maximum absolute atomic E-state index is 14.3. The molecule has 0 aliphatic carbocycles. The van der Waals surface area contributed by atoms with E-state index in [0.717, 1.165) is 0 Å². The molecule has 3 aromatic heterocycles. The first-order valence-electron chi connectivity index (χ1n) is 8.01. The number of benzene rings is 1. The van der Waals surface area contributed by atoms with Gasteiger partial charge in [0.2, 0.25) is 0 Å². The molecule has 0 atom stereocenters. The standard InChI is InChI=1S/C19H10ClFN6O/c20-10-1-2-14(21)11(5-10)12-6-16(17(7-22)27-19(12)28)26-18-13-8-23-4-3-15(13)24-9-25-18/h1-6,8-9H,(H,27,28)(H,24,25,26). The number of hydrogen-bond donors (Lipinski definition) is 2. The van der Waals surface area contributed by atoms with Gasteiger partial charge in [-0.3, -0.25) is 9.78 Å². The molecule has 1 aromatic carbocycles. The van der Waals surface area contributed by atoms with E-state index in [1.54, 1.807) is 18.5 Å². The van der Waals surface area contributed by atoms with Crippen molar-refractivity contribution in [3.63, 3.8) is 0 Å². The van der Waals surface area contributed by atoms with Gasteiger partial charge in [-0.15, -0.1) is 0 Å². The molecule has 0 aliphatic rings. The third-order valence-electron chi connectivity index (χ3n) is 4.06. The molecular formula is C19H10ClFN6O. The maximum atomic E-state index is 14.3. The molecule has 0 saturated carbocycles. The Hall–Kier alpha value is -3.83. The van der Waals surface area contributed by atoms with Crippen molar-refractivity contribution in [1.82, 2.24) is 19.9 Å². The van der Waals surface area contributed by atoms with Crippen LogP contribution in [0, 0.1) is 17.1 Å². The molecule has 28 heavy (non-hydrogen) atoms. The van der Waals surface area contributed by atoms with E-state index in [4.69, 9.17) is 11.6 Å². The first kappa shape index (κ1) is 17.6. The summed E-state index contributed by atoms with van der Waals surface area (Å²) in [6, 6.07) is 8.92. The number of hydrogen-bond acceptors (Lipinski definition) is 6. The second-order valence-electron chi connectivity index (χ2n) is 5.78. The molecule has 4 aromatic rings. The minimum atomic E-state index is -0.613. The topological polar surface area (TPSA) is 107 Å². The number of rotatable bonds is 3. The van der Waals surface area contributed by atoms with Crippen LogP contribution in [-0.4, -0.2) is 19.9 Å². The summed E-state index contributed by atoms with van der Waals surface area (Å²) in [6.07, 6.45) is 4.53. The van der Waals surface area contributed by atoms with Gasteiger partial charge in [-0.2, -0.15) is 5.26 Å². The number of nitrogens with one attached hydrogen (secondary N) is 2. The van der Waals surface area contributed by atoms with E-state index in [-0.39, 0.29) is 27.5 Å². The third-order valence-corrected chi connectivity index (χ3v) is 4.30. The molecule has 0 amide bonds. The average Bonchev–Trinajstić information content (AvgIpc) is 2.71. The molecule has 0 unspecified atom stereocenters. The van der Waals surface area contributed by atoms with Crippen LogP contribution in [0.25, 0.3) is 22.0 Å². The van der Waals surface area contributed by atoms with E-state index in [0.29, 0.717) is 16.7 Å². The first-order chi connectivity index (χ1) is 13.6. The van der Waals surface area contributed by atoms with E-state index in [1.807, 2.05) is 6.07 Å². The van der Waals surface area contributed by atoms with Gasteiger partial charge < -0.3 is 10.3 Å². The highest BCUT2D eigenvalue weighted by Gasteiger charge is 2.15. The van der Waals surface area contributed by atoms with E-state index >= 15 is 0 Å². The highest BCUT2D eigenvalue weighted by molar-refractivity contribution is 6.30. The monoisotopic (exact) mass is 392 g/mol. The Morgan fingerprint density at radius 1 is 1.18 bits per heavy atom. The van der Waals surface area contributed by atoms with Crippen molar-refractivity contribution in [2.24, 2.45) is 0 Å². The van der Waals surface area contributed by atoms with Crippen LogP contribution in [0.1, 0.15) is 5.69 Å². The molecule has 0 spiro atoms. The minimum Gasteiger partial charge on any atom is -0.337 e. The lowest BCUT2D eigenvalue weighted by Gasteiger charge is -2.11. The summed E-state index contributed by atoms with van der Waals surface area (Å²) < 4.78 is 14.3. The third kappa shape index (κ3) is 3.15. The van der Waals surface area contributed by atoms with Gasteiger partial charge in [0, 0.05) is 23.0 Å². The molecule has 136 valence electrons. The van der Waals surface area contributed by atoms with Gasteiger partial charge in [0.15, 0.2) is 0 Å². The molecule has 0 aliphatic heterocycles. The van der Waals surface area contributed by atoms with Crippen molar-refractivity contribution in [1.29, 1.82) is 5.26 Å². The van der Waals surface area contributed by atoms with Crippen molar-refractivity contribution >= 4 is 34.0 Å². The molecule has 7 nitrogen and oxygen atoms in total. The smallest absolute Gasteiger partial charge is 0.257 e. The van der Waals surface area contributed by atoms with Crippen LogP contribution in [0.4, 0.5) is 15.9 Å². The number of halogens is 2. The summed E-state index contributed by atoms with van der Waals surface area (Å²) in [5, 5.41) is 13.3. The van der Waals surface area contributed by atoms with Crippen LogP contribution in [0.5, 0.6) is 0 Å². The van der Waals surface area contributed by atoms with Crippen molar-refractivity contribution < 1.29 is 4.39 Å². The zero-order chi connectivity index (χ0) is 19.7. The number of nitriles is 1. The highest BCUT2D eigenvalue weighted by Crippen LogP contribution is 2.28. The molecule has 9 heteroatoms. The van der Waals surface area contributed by atoms with E-state index in [2.05, 4.69) is 25.3 Å². The van der Waals surface area contributed by atoms with Crippen LogP contribution in [0.2, 0.25) is 5.02 Å². The molecule has 0 bridgehead atoms. The highest BCUT2D eigenvalue weighted by atomic mass is 35.5. The number of aromatic nitrogens is 4. The molecule has 0 radical (unpaired) electrons. The van der Waals surface area contributed by atoms with Crippen molar-refractivity contribution in [2.75, 3.05) is 5.32 Å². The van der Waals surface area contributed by atoms with Crippen LogP contribution >= 0.6 is 11.6 Å². The van der Waals surface area contributed by atoms with Crippen molar-refractivity contribution in [2.45, 2.75) is 0 Å². The maximum Gasteiger partial charge on any atom is 0.257 e. The number of H-pyrrole nitrogens is 1. The second-order valence-corrected chi connectivity index (χ2v) is 6.21. The number of aromatic amines is 1. The lowest BCUT2D eigenvalue weighted by molar-refractivity contribution is 0.631. The normalized spacial score (nSPS) is 10.6. The Kier molecular flexibility index (Phi) is 4.43. The van der Waals surface area contributed by atoms with Gasteiger partial charge in [-0.1, -0.05) is 11.6 Å². The van der Waals surface area contributed by atoms with Gasteiger partial charge in [0.25, 0.3) is 5.56 Å². The van der Waals surface area contributed by atoms with Gasteiger partial charge in [0.05, 0.1) is 22.2 Å². The fourth-order valence-electron chi connectivity index (χ4n) is 2.75. The fraction of sp³-hybridized carbons (Fsp3) is 0. The van der Waals surface area contributed by atoms with Crippen molar-refractivity contribution in [3.05, 3.63) is 75.9 Å². The van der Waals surface area contributed by atoms with Crippen LogP contribution in [0.15, 0.2) is 53.8 Å².